The number of rotatable bonds is 3. The van der Waals surface area contributed by atoms with E-state index in [0.29, 0.717) is 26.4 Å². The highest BCUT2D eigenvalue weighted by Crippen LogP contribution is 2.19. The van der Waals surface area contributed by atoms with E-state index in [4.69, 9.17) is 20.3 Å². The van der Waals surface area contributed by atoms with Crippen molar-refractivity contribution in [3.8, 4) is 0 Å². The molecule has 0 aromatic heterocycles. The Kier molecular flexibility index (Phi) is 4.15. The Morgan fingerprint density at radius 2 is 2.06 bits per heavy atom. The first-order valence-electron chi connectivity index (χ1n) is 6.03. The Morgan fingerprint density at radius 1 is 1.28 bits per heavy atom. The monoisotopic (exact) mass is 258 g/mol. The second-order valence-electron chi connectivity index (χ2n) is 4.67. The third-order valence-electron chi connectivity index (χ3n) is 3.36. The molecule has 0 aliphatic carbocycles. The molecule has 2 rings (SSSR count). The van der Waals surface area contributed by atoms with Gasteiger partial charge < -0.3 is 25.2 Å². The van der Waals surface area contributed by atoms with Crippen molar-refractivity contribution < 1.29 is 24.2 Å². The van der Waals surface area contributed by atoms with E-state index in [0.717, 1.165) is 0 Å². The van der Waals surface area contributed by atoms with Crippen molar-refractivity contribution in [3.63, 3.8) is 0 Å². The average Bonchev–Trinajstić information content (AvgIpc) is 2.74. The number of hydrogen-bond donors (Lipinski definition) is 2. The molecule has 3 atom stereocenters. The minimum absolute atomic E-state index is 0.103. The van der Waals surface area contributed by atoms with Gasteiger partial charge in [-0.1, -0.05) is 0 Å². The zero-order chi connectivity index (χ0) is 13.1. The minimum atomic E-state index is -0.935. The Hall–Kier alpha value is -1.18. The summed E-state index contributed by atoms with van der Waals surface area (Å²) in [5, 5.41) is 8.84. The van der Waals surface area contributed by atoms with Gasteiger partial charge in [-0.15, -0.1) is 0 Å². The first-order valence-corrected chi connectivity index (χ1v) is 6.03. The van der Waals surface area contributed by atoms with E-state index in [1.165, 1.54) is 0 Å². The summed E-state index contributed by atoms with van der Waals surface area (Å²) in [6.07, 6.45) is -0.103. The minimum Gasteiger partial charge on any atom is -0.481 e. The number of carboxylic acids is 1. The van der Waals surface area contributed by atoms with E-state index in [9.17, 15) is 9.59 Å². The molecular weight excluding hydrogens is 240 g/mol. The highest BCUT2D eigenvalue weighted by atomic mass is 16.5. The molecule has 2 aliphatic rings. The third-order valence-corrected chi connectivity index (χ3v) is 3.36. The van der Waals surface area contributed by atoms with Crippen LogP contribution in [0.15, 0.2) is 0 Å². The van der Waals surface area contributed by atoms with Gasteiger partial charge in [-0.05, 0) is 0 Å². The van der Waals surface area contributed by atoms with Gasteiger partial charge in [-0.25, -0.2) is 0 Å². The molecule has 1 amide bonds. The number of ether oxygens (including phenoxy) is 2. The zero-order valence-corrected chi connectivity index (χ0v) is 10.1. The van der Waals surface area contributed by atoms with Gasteiger partial charge in [0.05, 0.1) is 44.8 Å². The van der Waals surface area contributed by atoms with Gasteiger partial charge in [0.25, 0.3) is 0 Å². The Bertz CT molecular complexity index is 335. The van der Waals surface area contributed by atoms with Crippen LogP contribution in [0.3, 0.4) is 0 Å². The summed E-state index contributed by atoms with van der Waals surface area (Å²) in [5.74, 6) is -1.41. The summed E-state index contributed by atoms with van der Waals surface area (Å²) in [7, 11) is 0. The van der Waals surface area contributed by atoms with Crippen molar-refractivity contribution in [2.75, 3.05) is 33.0 Å². The SMILES string of the molecule is NC1COCC1C(=O)N1CCOCC1CC(=O)O. The largest absolute Gasteiger partial charge is 0.481 e. The molecule has 3 N–H and O–H groups in total. The normalized spacial score (nSPS) is 32.5. The summed E-state index contributed by atoms with van der Waals surface area (Å²) in [6, 6.07) is -0.706. The molecule has 3 unspecified atom stereocenters. The number of amides is 1. The Balaban J connectivity index is 2.03. The van der Waals surface area contributed by atoms with Crippen molar-refractivity contribution >= 4 is 11.9 Å². The number of nitrogens with two attached hydrogens (primary N) is 1. The molecule has 2 heterocycles. The molecule has 2 fully saturated rings. The number of aliphatic carboxylic acids is 1. The van der Waals surface area contributed by atoms with E-state index in [1.807, 2.05) is 0 Å². The molecule has 102 valence electrons. The van der Waals surface area contributed by atoms with Crippen LogP contribution in [0.4, 0.5) is 0 Å². The zero-order valence-electron chi connectivity index (χ0n) is 10.1. The fourth-order valence-corrected chi connectivity index (χ4v) is 2.35. The van der Waals surface area contributed by atoms with Crippen molar-refractivity contribution in [1.29, 1.82) is 0 Å². The lowest BCUT2D eigenvalue weighted by atomic mass is 10.0. The molecule has 7 nitrogen and oxygen atoms in total. The van der Waals surface area contributed by atoms with Crippen LogP contribution in [-0.2, 0) is 19.1 Å². The van der Waals surface area contributed by atoms with E-state index < -0.39 is 12.0 Å². The standard InChI is InChI=1S/C11H18N2O5/c12-9-6-18-5-8(9)11(16)13-1-2-17-4-7(13)3-10(14)15/h7-9H,1-6,12H2,(H,14,15). The molecule has 0 spiro atoms. The fourth-order valence-electron chi connectivity index (χ4n) is 2.35. The molecule has 0 aromatic rings. The summed E-state index contributed by atoms with van der Waals surface area (Å²) in [6.45, 7) is 1.81. The predicted molar refractivity (Wildman–Crippen MR) is 60.9 cm³/mol. The lowest BCUT2D eigenvalue weighted by molar-refractivity contribution is -0.149. The lowest BCUT2D eigenvalue weighted by Crippen LogP contribution is -2.53. The number of nitrogens with zero attached hydrogens (tertiary/aromatic N) is 1. The molecule has 0 saturated carbocycles. The smallest absolute Gasteiger partial charge is 0.305 e. The average molecular weight is 258 g/mol. The fraction of sp³-hybridized carbons (Fsp3) is 0.818. The van der Waals surface area contributed by atoms with Gasteiger partial charge in [-0.2, -0.15) is 0 Å². The van der Waals surface area contributed by atoms with Gasteiger partial charge >= 0.3 is 5.97 Å². The van der Waals surface area contributed by atoms with Crippen LogP contribution in [0.1, 0.15) is 6.42 Å². The van der Waals surface area contributed by atoms with Gasteiger partial charge in [-0.3, -0.25) is 9.59 Å². The summed E-state index contributed by atoms with van der Waals surface area (Å²) in [5.41, 5.74) is 5.81. The van der Waals surface area contributed by atoms with E-state index in [2.05, 4.69) is 0 Å². The quantitative estimate of drug-likeness (QED) is 0.649. The molecule has 0 radical (unpaired) electrons. The molecular formula is C11H18N2O5. The Labute approximate surface area is 105 Å². The van der Waals surface area contributed by atoms with Gasteiger partial charge in [0.15, 0.2) is 0 Å². The molecule has 0 bridgehead atoms. The molecule has 7 heteroatoms. The maximum absolute atomic E-state index is 12.3. The lowest BCUT2D eigenvalue weighted by Gasteiger charge is -2.36. The Morgan fingerprint density at radius 3 is 2.67 bits per heavy atom. The molecule has 2 saturated heterocycles. The molecule has 2 aliphatic heterocycles. The third kappa shape index (κ3) is 2.80. The molecule has 0 aromatic carbocycles. The van der Waals surface area contributed by atoms with Gasteiger partial charge in [0, 0.05) is 12.6 Å². The van der Waals surface area contributed by atoms with Crippen molar-refractivity contribution in [1.82, 2.24) is 4.90 Å². The number of carboxylic acid groups (broad SMARTS) is 1. The van der Waals surface area contributed by atoms with Gasteiger partial charge in [0.2, 0.25) is 5.91 Å². The van der Waals surface area contributed by atoms with Crippen molar-refractivity contribution in [2.45, 2.75) is 18.5 Å². The first kappa shape index (κ1) is 13.3. The van der Waals surface area contributed by atoms with Crippen molar-refractivity contribution in [2.24, 2.45) is 11.7 Å². The van der Waals surface area contributed by atoms with Crippen LogP contribution in [0.25, 0.3) is 0 Å². The highest BCUT2D eigenvalue weighted by molar-refractivity contribution is 5.81. The van der Waals surface area contributed by atoms with E-state index >= 15 is 0 Å². The van der Waals surface area contributed by atoms with Crippen LogP contribution in [0.2, 0.25) is 0 Å². The number of morpholine rings is 1. The topological polar surface area (TPSA) is 102 Å². The van der Waals surface area contributed by atoms with Crippen LogP contribution in [0, 0.1) is 5.92 Å². The summed E-state index contributed by atoms with van der Waals surface area (Å²) < 4.78 is 10.4. The predicted octanol–water partition coefficient (Wildman–Crippen LogP) is -1.34. The number of carbonyl (C=O) groups excluding carboxylic acids is 1. The van der Waals surface area contributed by atoms with E-state index in [-0.39, 0.29) is 30.9 Å². The van der Waals surface area contributed by atoms with Gasteiger partial charge in [0.1, 0.15) is 0 Å². The maximum Gasteiger partial charge on any atom is 0.305 e. The highest BCUT2D eigenvalue weighted by Gasteiger charge is 2.38. The van der Waals surface area contributed by atoms with Crippen LogP contribution < -0.4 is 5.73 Å². The van der Waals surface area contributed by atoms with Crippen LogP contribution >= 0.6 is 0 Å². The second-order valence-corrected chi connectivity index (χ2v) is 4.67. The number of hydrogen-bond acceptors (Lipinski definition) is 5. The molecule has 18 heavy (non-hydrogen) atoms. The summed E-state index contributed by atoms with van der Waals surface area (Å²) in [4.78, 5) is 24.7. The van der Waals surface area contributed by atoms with Crippen LogP contribution in [0.5, 0.6) is 0 Å². The summed E-state index contributed by atoms with van der Waals surface area (Å²) >= 11 is 0. The van der Waals surface area contributed by atoms with Crippen molar-refractivity contribution in [3.05, 3.63) is 0 Å². The second kappa shape index (κ2) is 5.64. The van der Waals surface area contributed by atoms with Crippen LogP contribution in [-0.4, -0.2) is 66.9 Å². The number of carbonyl (C=O) groups is 2. The maximum atomic E-state index is 12.3. The first-order chi connectivity index (χ1) is 8.59. The van der Waals surface area contributed by atoms with E-state index in [1.54, 1.807) is 4.90 Å².